The van der Waals surface area contributed by atoms with Gasteiger partial charge in [-0.1, -0.05) is 41.9 Å². The number of anilines is 2. The number of fused-ring (bicyclic) bond motifs is 1. The zero-order chi connectivity index (χ0) is 17.4. The van der Waals surface area contributed by atoms with Crippen LogP contribution >= 0.6 is 11.6 Å². The molecule has 0 fully saturated rings. The highest BCUT2D eigenvalue weighted by Gasteiger charge is 2.31. The van der Waals surface area contributed by atoms with Crippen LogP contribution in [0.5, 0.6) is 5.75 Å². The lowest BCUT2D eigenvalue weighted by Gasteiger charge is -2.32. The zero-order valence-electron chi connectivity index (χ0n) is 13.7. The first kappa shape index (κ1) is 15.8. The van der Waals surface area contributed by atoms with Gasteiger partial charge in [-0.2, -0.15) is 4.98 Å². The number of hydrogen-bond donors (Lipinski definition) is 2. The van der Waals surface area contributed by atoms with E-state index < -0.39 is 0 Å². The van der Waals surface area contributed by atoms with Crippen LogP contribution in [0.2, 0.25) is 5.02 Å². The standard InChI is InChI=1S/C18H18ClN5O/c1-25-12-8-6-11(7-9-12)15-10-16(13-4-2-3-5-14(13)19)24-18(21-15)22-17(20)23-24/h2-9,15-16H,10H2,1H3,(H3,20,21,22,23)/t15-,16-/m0/s1. The number of nitrogens with zero attached hydrogens (tertiary/aromatic N) is 3. The van der Waals surface area contributed by atoms with Gasteiger partial charge in [0.1, 0.15) is 5.75 Å². The lowest BCUT2D eigenvalue weighted by molar-refractivity contribution is 0.413. The van der Waals surface area contributed by atoms with Gasteiger partial charge in [0.15, 0.2) is 0 Å². The number of rotatable bonds is 3. The van der Waals surface area contributed by atoms with Gasteiger partial charge in [0.05, 0.1) is 19.2 Å². The first-order chi connectivity index (χ1) is 12.2. The van der Waals surface area contributed by atoms with E-state index in [9.17, 15) is 0 Å². The topological polar surface area (TPSA) is 78.0 Å². The first-order valence-corrected chi connectivity index (χ1v) is 8.40. The number of nitrogens with one attached hydrogen (secondary N) is 1. The normalized spacial score (nSPS) is 19.1. The number of methoxy groups -OCH3 is 1. The summed E-state index contributed by atoms with van der Waals surface area (Å²) in [6.45, 7) is 0. The van der Waals surface area contributed by atoms with E-state index in [4.69, 9.17) is 22.1 Å². The summed E-state index contributed by atoms with van der Waals surface area (Å²) in [5.74, 6) is 1.72. The predicted molar refractivity (Wildman–Crippen MR) is 98.0 cm³/mol. The van der Waals surface area contributed by atoms with Gasteiger partial charge in [-0.25, -0.2) is 4.68 Å². The van der Waals surface area contributed by atoms with Crippen LogP contribution in [-0.4, -0.2) is 21.9 Å². The Kier molecular flexibility index (Phi) is 3.97. The van der Waals surface area contributed by atoms with Crippen LogP contribution < -0.4 is 15.8 Å². The third-order valence-electron chi connectivity index (χ3n) is 4.49. The molecular weight excluding hydrogens is 338 g/mol. The molecule has 1 aromatic heterocycles. The minimum atomic E-state index is -0.0400. The maximum absolute atomic E-state index is 6.43. The molecule has 3 N–H and O–H groups in total. The molecule has 4 rings (SSSR count). The molecule has 0 bridgehead atoms. The SMILES string of the molecule is COc1ccc([C@@H]2C[C@@H](c3ccccc3Cl)n3nc(N)nc3N2)cc1. The Hall–Kier alpha value is -2.73. The summed E-state index contributed by atoms with van der Waals surface area (Å²) in [5, 5.41) is 8.48. The monoisotopic (exact) mass is 355 g/mol. The molecule has 6 nitrogen and oxygen atoms in total. The van der Waals surface area contributed by atoms with Crippen LogP contribution in [0.1, 0.15) is 29.6 Å². The minimum Gasteiger partial charge on any atom is -0.497 e. The van der Waals surface area contributed by atoms with Gasteiger partial charge in [0.25, 0.3) is 0 Å². The molecule has 0 aliphatic carbocycles. The number of halogens is 1. The summed E-state index contributed by atoms with van der Waals surface area (Å²) < 4.78 is 7.06. The maximum atomic E-state index is 6.43. The molecule has 1 aliphatic heterocycles. The molecule has 3 aromatic rings. The van der Waals surface area contributed by atoms with Crippen LogP contribution in [0, 0.1) is 0 Å². The Balaban J connectivity index is 1.74. The molecule has 1 aliphatic rings. The zero-order valence-corrected chi connectivity index (χ0v) is 14.4. The number of ether oxygens (including phenoxy) is 1. The van der Waals surface area contributed by atoms with Crippen molar-refractivity contribution in [3.05, 3.63) is 64.7 Å². The van der Waals surface area contributed by atoms with Crippen molar-refractivity contribution in [1.82, 2.24) is 14.8 Å². The average molecular weight is 356 g/mol. The molecule has 2 atom stereocenters. The third-order valence-corrected chi connectivity index (χ3v) is 4.83. The van der Waals surface area contributed by atoms with Crippen molar-refractivity contribution < 1.29 is 4.74 Å². The molecule has 0 radical (unpaired) electrons. The predicted octanol–water partition coefficient (Wildman–Crippen LogP) is 3.67. The highest BCUT2D eigenvalue weighted by Crippen LogP contribution is 2.40. The van der Waals surface area contributed by atoms with Gasteiger partial charge in [-0.05, 0) is 35.7 Å². The van der Waals surface area contributed by atoms with E-state index in [1.807, 2.05) is 41.1 Å². The largest absolute Gasteiger partial charge is 0.497 e. The van der Waals surface area contributed by atoms with E-state index in [2.05, 4.69) is 27.5 Å². The summed E-state index contributed by atoms with van der Waals surface area (Å²) >= 11 is 6.43. The summed E-state index contributed by atoms with van der Waals surface area (Å²) in [4.78, 5) is 4.32. The van der Waals surface area contributed by atoms with E-state index in [-0.39, 0.29) is 18.0 Å². The van der Waals surface area contributed by atoms with E-state index >= 15 is 0 Å². The molecule has 2 aromatic carbocycles. The molecular formula is C18H18ClN5O. The number of hydrogen-bond acceptors (Lipinski definition) is 5. The lowest BCUT2D eigenvalue weighted by atomic mass is 9.93. The van der Waals surface area contributed by atoms with E-state index in [1.54, 1.807) is 7.11 Å². The van der Waals surface area contributed by atoms with Gasteiger partial charge in [0.2, 0.25) is 11.9 Å². The highest BCUT2D eigenvalue weighted by molar-refractivity contribution is 6.31. The van der Waals surface area contributed by atoms with Crippen LogP contribution in [0.25, 0.3) is 0 Å². The van der Waals surface area contributed by atoms with Crippen LogP contribution in [0.15, 0.2) is 48.5 Å². The average Bonchev–Trinajstić information content (AvgIpc) is 3.01. The Morgan fingerprint density at radius 3 is 2.68 bits per heavy atom. The second-order valence-electron chi connectivity index (χ2n) is 5.98. The van der Waals surface area contributed by atoms with Crippen molar-refractivity contribution in [2.45, 2.75) is 18.5 Å². The number of nitrogens with two attached hydrogens (primary N) is 1. The Morgan fingerprint density at radius 2 is 1.96 bits per heavy atom. The minimum absolute atomic E-state index is 0.0400. The van der Waals surface area contributed by atoms with Gasteiger partial charge < -0.3 is 15.8 Å². The van der Waals surface area contributed by atoms with E-state index in [0.29, 0.717) is 11.0 Å². The van der Waals surface area contributed by atoms with E-state index in [1.165, 1.54) is 0 Å². The van der Waals surface area contributed by atoms with Crippen molar-refractivity contribution in [2.75, 3.05) is 18.2 Å². The molecule has 25 heavy (non-hydrogen) atoms. The van der Waals surface area contributed by atoms with Crippen molar-refractivity contribution >= 4 is 23.5 Å². The summed E-state index contributed by atoms with van der Waals surface area (Å²) in [7, 11) is 1.66. The van der Waals surface area contributed by atoms with E-state index in [0.717, 1.165) is 23.3 Å². The third kappa shape index (κ3) is 2.89. The van der Waals surface area contributed by atoms with Crippen molar-refractivity contribution in [1.29, 1.82) is 0 Å². The van der Waals surface area contributed by atoms with Crippen molar-refractivity contribution in [2.24, 2.45) is 0 Å². The Bertz CT molecular complexity index is 893. The molecule has 2 heterocycles. The number of nitrogen functional groups attached to an aromatic ring is 1. The summed E-state index contributed by atoms with van der Waals surface area (Å²) in [6, 6.07) is 15.8. The second kappa shape index (κ2) is 6.29. The molecule has 0 saturated heterocycles. The van der Waals surface area contributed by atoms with Gasteiger partial charge in [-0.3, -0.25) is 0 Å². The van der Waals surface area contributed by atoms with Crippen molar-refractivity contribution in [3.63, 3.8) is 0 Å². The number of benzene rings is 2. The van der Waals surface area contributed by atoms with Crippen LogP contribution in [-0.2, 0) is 0 Å². The molecule has 0 unspecified atom stereocenters. The van der Waals surface area contributed by atoms with Crippen LogP contribution in [0.4, 0.5) is 11.9 Å². The Morgan fingerprint density at radius 1 is 1.20 bits per heavy atom. The fourth-order valence-electron chi connectivity index (χ4n) is 3.25. The molecule has 0 saturated carbocycles. The van der Waals surface area contributed by atoms with Crippen molar-refractivity contribution in [3.8, 4) is 5.75 Å². The fraction of sp³-hybridized carbons (Fsp3) is 0.222. The molecule has 128 valence electrons. The maximum Gasteiger partial charge on any atom is 0.241 e. The molecule has 0 amide bonds. The Labute approximate surface area is 150 Å². The van der Waals surface area contributed by atoms with Gasteiger partial charge in [-0.15, -0.1) is 5.10 Å². The smallest absolute Gasteiger partial charge is 0.241 e. The molecule has 0 spiro atoms. The first-order valence-electron chi connectivity index (χ1n) is 8.02. The lowest BCUT2D eigenvalue weighted by Crippen LogP contribution is -2.28. The quantitative estimate of drug-likeness (QED) is 0.749. The van der Waals surface area contributed by atoms with Gasteiger partial charge in [0, 0.05) is 5.02 Å². The fourth-order valence-corrected chi connectivity index (χ4v) is 3.51. The summed E-state index contributed by atoms with van der Waals surface area (Å²) in [5.41, 5.74) is 7.98. The molecule has 7 heteroatoms. The number of aromatic nitrogens is 3. The second-order valence-corrected chi connectivity index (χ2v) is 6.39. The highest BCUT2D eigenvalue weighted by atomic mass is 35.5. The van der Waals surface area contributed by atoms with Crippen LogP contribution in [0.3, 0.4) is 0 Å². The van der Waals surface area contributed by atoms with Gasteiger partial charge >= 0.3 is 0 Å². The summed E-state index contributed by atoms with van der Waals surface area (Å²) in [6.07, 6.45) is 0.784.